The van der Waals surface area contributed by atoms with Crippen molar-refractivity contribution in [3.63, 3.8) is 0 Å². The average molecular weight is 351 g/mol. The van der Waals surface area contributed by atoms with Crippen LogP contribution in [-0.2, 0) is 9.59 Å². The van der Waals surface area contributed by atoms with E-state index in [2.05, 4.69) is 10.9 Å². The number of phenols is 1. The number of aromatic hydroxyl groups is 1. The summed E-state index contributed by atoms with van der Waals surface area (Å²) < 4.78 is 0. The van der Waals surface area contributed by atoms with Crippen LogP contribution in [0.3, 0.4) is 0 Å². The summed E-state index contributed by atoms with van der Waals surface area (Å²) in [6, 6.07) is 3.95. The van der Waals surface area contributed by atoms with Crippen molar-refractivity contribution < 1.29 is 24.6 Å². The van der Waals surface area contributed by atoms with Gasteiger partial charge in [0.25, 0.3) is 5.91 Å². The molecule has 8 heteroatoms. The van der Waals surface area contributed by atoms with Crippen LogP contribution in [0.25, 0.3) is 0 Å². The molecule has 2 amide bonds. The summed E-state index contributed by atoms with van der Waals surface area (Å²) in [7, 11) is 0. The molecule has 0 aromatic heterocycles. The predicted molar refractivity (Wildman–Crippen MR) is 84.1 cm³/mol. The van der Waals surface area contributed by atoms with E-state index in [0.29, 0.717) is 6.42 Å². The number of hydrogen-bond donors (Lipinski definition) is 4. The van der Waals surface area contributed by atoms with Gasteiger partial charge < -0.3 is 10.2 Å². The van der Waals surface area contributed by atoms with E-state index in [9.17, 15) is 24.6 Å². The number of allylic oxidation sites excluding steroid dienone is 2. The van der Waals surface area contributed by atoms with Crippen LogP contribution >= 0.6 is 11.6 Å². The Labute approximate surface area is 142 Å². The highest BCUT2D eigenvalue weighted by Gasteiger charge is 2.51. The number of phenolic OH excluding ortho intramolecular Hbond substituents is 1. The van der Waals surface area contributed by atoms with Crippen molar-refractivity contribution in [1.82, 2.24) is 10.9 Å². The molecule has 4 atom stereocenters. The van der Waals surface area contributed by atoms with Crippen molar-refractivity contribution in [1.29, 1.82) is 0 Å². The van der Waals surface area contributed by atoms with Gasteiger partial charge in [-0.3, -0.25) is 25.2 Å². The molecule has 1 aromatic carbocycles. The van der Waals surface area contributed by atoms with Crippen molar-refractivity contribution in [2.75, 3.05) is 0 Å². The third-order valence-corrected chi connectivity index (χ3v) is 4.78. The monoisotopic (exact) mass is 350 g/mol. The first-order valence-corrected chi connectivity index (χ1v) is 7.76. The Morgan fingerprint density at radius 3 is 2.42 bits per heavy atom. The van der Waals surface area contributed by atoms with E-state index in [1.165, 1.54) is 18.2 Å². The molecule has 0 unspecified atom stereocenters. The number of carbonyl (C=O) groups is 3. The molecular weight excluding hydrogens is 336 g/mol. The van der Waals surface area contributed by atoms with Gasteiger partial charge in [0.05, 0.1) is 17.4 Å². The van der Waals surface area contributed by atoms with Crippen molar-refractivity contribution in [2.45, 2.75) is 6.42 Å². The van der Waals surface area contributed by atoms with Crippen molar-refractivity contribution in [3.05, 3.63) is 40.9 Å². The van der Waals surface area contributed by atoms with Gasteiger partial charge in [-0.15, -0.1) is 0 Å². The molecule has 0 aliphatic heterocycles. The lowest BCUT2D eigenvalue weighted by molar-refractivity contribution is -0.148. The first-order chi connectivity index (χ1) is 11.4. The van der Waals surface area contributed by atoms with Crippen LogP contribution in [0.4, 0.5) is 0 Å². The third-order valence-electron chi connectivity index (χ3n) is 4.55. The molecule has 0 radical (unpaired) electrons. The SMILES string of the molecule is O=C(NNC(=O)[C@H]1[C@H](C(=O)O)[C@@H]2C=C[C@H]1C2)c1cc(Cl)ccc1O. The molecule has 0 heterocycles. The number of carboxylic acids is 1. The minimum absolute atomic E-state index is 0.0922. The Hall–Kier alpha value is -2.54. The number of hydrazine groups is 1. The summed E-state index contributed by atoms with van der Waals surface area (Å²) in [6.07, 6.45) is 4.30. The maximum Gasteiger partial charge on any atom is 0.307 e. The second-order valence-corrected chi connectivity index (χ2v) is 6.38. The largest absolute Gasteiger partial charge is 0.507 e. The summed E-state index contributed by atoms with van der Waals surface area (Å²) in [6.45, 7) is 0. The van der Waals surface area contributed by atoms with E-state index in [-0.39, 0.29) is 28.2 Å². The van der Waals surface area contributed by atoms with Crippen molar-refractivity contribution in [3.8, 4) is 5.75 Å². The first kappa shape index (κ1) is 16.3. The number of carboxylic acid groups (broad SMARTS) is 1. The van der Waals surface area contributed by atoms with Crippen LogP contribution in [0.5, 0.6) is 5.75 Å². The van der Waals surface area contributed by atoms with Gasteiger partial charge in [-0.2, -0.15) is 0 Å². The highest BCUT2D eigenvalue weighted by Crippen LogP contribution is 2.48. The zero-order valence-corrected chi connectivity index (χ0v) is 13.2. The lowest BCUT2D eigenvalue weighted by Crippen LogP contribution is -2.48. The number of fused-ring (bicyclic) bond motifs is 2. The molecule has 1 fully saturated rings. The molecule has 1 aromatic rings. The second kappa shape index (κ2) is 6.16. The van der Waals surface area contributed by atoms with Crippen LogP contribution in [0.1, 0.15) is 16.8 Å². The second-order valence-electron chi connectivity index (χ2n) is 5.94. The molecule has 3 rings (SSSR count). The smallest absolute Gasteiger partial charge is 0.307 e. The Morgan fingerprint density at radius 1 is 1.08 bits per heavy atom. The topological polar surface area (TPSA) is 116 Å². The number of carbonyl (C=O) groups excluding carboxylic acids is 2. The molecule has 0 spiro atoms. The average Bonchev–Trinajstić information content (AvgIpc) is 3.15. The summed E-state index contributed by atoms with van der Waals surface area (Å²) >= 11 is 5.77. The lowest BCUT2D eigenvalue weighted by Gasteiger charge is -2.23. The number of benzene rings is 1. The highest BCUT2D eigenvalue weighted by atomic mass is 35.5. The molecule has 126 valence electrons. The van der Waals surface area contributed by atoms with Gasteiger partial charge in [0.15, 0.2) is 0 Å². The molecule has 1 saturated carbocycles. The number of halogens is 1. The lowest BCUT2D eigenvalue weighted by atomic mass is 9.82. The number of hydrogen-bond acceptors (Lipinski definition) is 4. The molecule has 2 aliphatic rings. The maximum atomic E-state index is 12.3. The highest BCUT2D eigenvalue weighted by molar-refractivity contribution is 6.31. The molecule has 4 N–H and O–H groups in total. The Morgan fingerprint density at radius 2 is 1.75 bits per heavy atom. The van der Waals surface area contributed by atoms with Gasteiger partial charge in [0.1, 0.15) is 5.75 Å². The normalized spacial score (nSPS) is 27.0. The molecule has 24 heavy (non-hydrogen) atoms. The van der Waals surface area contributed by atoms with Crippen LogP contribution < -0.4 is 10.9 Å². The molecule has 2 bridgehead atoms. The number of amides is 2. The molecule has 2 aliphatic carbocycles. The summed E-state index contributed by atoms with van der Waals surface area (Å²) in [5, 5.41) is 19.2. The zero-order valence-electron chi connectivity index (χ0n) is 12.4. The predicted octanol–water partition coefficient (Wildman–Crippen LogP) is 1.33. The minimum Gasteiger partial charge on any atom is -0.507 e. The number of nitrogens with one attached hydrogen (secondary N) is 2. The summed E-state index contributed by atoms with van der Waals surface area (Å²) in [5.41, 5.74) is 4.35. The van der Waals surface area contributed by atoms with Gasteiger partial charge in [-0.05, 0) is 36.5 Å². The van der Waals surface area contributed by atoms with Crippen LogP contribution in [0, 0.1) is 23.7 Å². The van der Waals surface area contributed by atoms with E-state index in [1.54, 1.807) is 0 Å². The zero-order chi connectivity index (χ0) is 17.4. The number of rotatable bonds is 3. The Kier molecular flexibility index (Phi) is 4.19. The van der Waals surface area contributed by atoms with Crippen molar-refractivity contribution >= 4 is 29.4 Å². The van der Waals surface area contributed by atoms with Gasteiger partial charge >= 0.3 is 5.97 Å². The van der Waals surface area contributed by atoms with Crippen LogP contribution in [0.15, 0.2) is 30.4 Å². The molecular formula is C16H15ClN2O5. The third kappa shape index (κ3) is 2.82. The summed E-state index contributed by atoms with van der Waals surface area (Å²) in [5.74, 6) is -4.43. The van der Waals surface area contributed by atoms with Gasteiger partial charge in [0, 0.05) is 5.02 Å². The van der Waals surface area contributed by atoms with E-state index < -0.39 is 29.6 Å². The van der Waals surface area contributed by atoms with Gasteiger partial charge in [0.2, 0.25) is 5.91 Å². The van der Waals surface area contributed by atoms with E-state index in [1.807, 2.05) is 12.2 Å². The first-order valence-electron chi connectivity index (χ1n) is 7.38. The van der Waals surface area contributed by atoms with Crippen molar-refractivity contribution in [2.24, 2.45) is 23.7 Å². The molecule has 0 saturated heterocycles. The van der Waals surface area contributed by atoms with Gasteiger partial charge in [-0.1, -0.05) is 23.8 Å². The van der Waals surface area contributed by atoms with Crippen LogP contribution in [-0.4, -0.2) is 28.0 Å². The summed E-state index contributed by atoms with van der Waals surface area (Å²) in [4.78, 5) is 35.8. The standard InChI is InChI=1S/C16H15ClN2O5/c17-9-3-4-11(20)10(6-9)14(21)18-19-15(22)12-7-1-2-8(5-7)13(12)16(23)24/h1-4,6-8,12-13,20H,5H2,(H,18,21)(H,19,22)(H,23,24)/t7-,8+,12+,13+/m0/s1. The van der Waals surface area contributed by atoms with Crippen LogP contribution in [0.2, 0.25) is 5.02 Å². The van der Waals surface area contributed by atoms with E-state index in [0.717, 1.165) is 0 Å². The quantitative estimate of drug-likeness (QED) is 0.485. The van der Waals surface area contributed by atoms with Gasteiger partial charge in [-0.25, -0.2) is 0 Å². The fourth-order valence-electron chi connectivity index (χ4n) is 3.48. The van der Waals surface area contributed by atoms with E-state index in [4.69, 9.17) is 11.6 Å². The fraction of sp³-hybridized carbons (Fsp3) is 0.312. The Balaban J connectivity index is 1.67. The minimum atomic E-state index is -1.02. The fourth-order valence-corrected chi connectivity index (χ4v) is 3.65. The van der Waals surface area contributed by atoms with E-state index >= 15 is 0 Å². The number of aliphatic carboxylic acids is 1. The molecule has 7 nitrogen and oxygen atoms in total. The Bertz CT molecular complexity index is 748. The maximum absolute atomic E-state index is 12.3.